The van der Waals surface area contributed by atoms with Crippen LogP contribution in [0.25, 0.3) is 11.0 Å². The van der Waals surface area contributed by atoms with Crippen LogP contribution in [0.5, 0.6) is 0 Å². The van der Waals surface area contributed by atoms with Gasteiger partial charge in [-0.05, 0) is 19.4 Å². The fourth-order valence-electron chi connectivity index (χ4n) is 3.36. The molecule has 0 unspecified atom stereocenters. The summed E-state index contributed by atoms with van der Waals surface area (Å²) in [4.78, 5) is 13.2. The molecule has 0 bridgehead atoms. The van der Waals surface area contributed by atoms with Crippen molar-refractivity contribution in [2.24, 2.45) is 0 Å². The molecule has 0 N–H and O–H groups in total. The molecule has 0 aliphatic carbocycles. The van der Waals surface area contributed by atoms with E-state index in [9.17, 15) is 4.79 Å². The minimum absolute atomic E-state index is 0.0522. The van der Waals surface area contributed by atoms with Crippen LogP contribution in [-0.4, -0.2) is 29.3 Å². The van der Waals surface area contributed by atoms with Gasteiger partial charge in [0.1, 0.15) is 34.9 Å². The van der Waals surface area contributed by atoms with E-state index in [4.69, 9.17) is 4.42 Å². The number of carbonyl (C=O) groups is 1. The van der Waals surface area contributed by atoms with Gasteiger partial charge in [0.2, 0.25) is 0 Å². The minimum Gasteiger partial charge on any atom is -0.460 e. The largest absolute Gasteiger partial charge is 0.460 e. The molecule has 24 heavy (non-hydrogen) atoms. The molecule has 3 rings (SSSR count). The van der Waals surface area contributed by atoms with E-state index in [1.165, 1.54) is 10.9 Å². The van der Waals surface area contributed by atoms with Gasteiger partial charge in [0.25, 0.3) is 0 Å². The van der Waals surface area contributed by atoms with Gasteiger partial charge in [0.15, 0.2) is 5.78 Å². The number of furan rings is 1. The second kappa shape index (κ2) is 6.05. The molecule has 2 nitrogen and oxygen atoms in total. The summed E-state index contributed by atoms with van der Waals surface area (Å²) in [6.45, 7) is 6.14. The lowest BCUT2D eigenvalue weighted by molar-refractivity contribution is 0.103. The molecule has 3 aromatic rings. The van der Waals surface area contributed by atoms with E-state index in [0.29, 0.717) is 12.0 Å². The highest BCUT2D eigenvalue weighted by atomic mass is 16.3. The van der Waals surface area contributed by atoms with Crippen molar-refractivity contribution in [2.75, 3.05) is 0 Å². The van der Waals surface area contributed by atoms with Crippen molar-refractivity contribution in [2.45, 2.75) is 27.2 Å². The Morgan fingerprint density at radius 3 is 2.21 bits per heavy atom. The third-order valence-electron chi connectivity index (χ3n) is 5.25. The first-order valence-electron chi connectivity index (χ1n) is 8.49. The smallest absolute Gasteiger partial charge is 0.197 e. The molecule has 5 heteroatoms. The van der Waals surface area contributed by atoms with Gasteiger partial charge in [-0.25, -0.2) is 0 Å². The molecule has 0 saturated heterocycles. The average molecular weight is 314 g/mol. The molecule has 0 aliphatic rings. The van der Waals surface area contributed by atoms with Crippen molar-refractivity contribution in [3.63, 3.8) is 0 Å². The summed E-state index contributed by atoms with van der Waals surface area (Å²) in [6, 6.07) is 7.77. The Labute approximate surface area is 145 Å². The molecular formula is C19H21B3O2. The van der Waals surface area contributed by atoms with Crippen molar-refractivity contribution >= 4 is 56.7 Å². The molecule has 0 saturated carbocycles. The van der Waals surface area contributed by atoms with Crippen LogP contribution in [0.3, 0.4) is 0 Å². The van der Waals surface area contributed by atoms with Gasteiger partial charge < -0.3 is 4.42 Å². The van der Waals surface area contributed by atoms with Crippen LogP contribution in [-0.2, 0) is 6.42 Å². The Kier molecular flexibility index (Phi) is 4.21. The molecule has 0 fully saturated rings. The summed E-state index contributed by atoms with van der Waals surface area (Å²) in [5.41, 5.74) is 8.22. The van der Waals surface area contributed by atoms with E-state index in [1.54, 1.807) is 0 Å². The Hall–Kier alpha value is -2.16. The van der Waals surface area contributed by atoms with Gasteiger partial charge in [0.05, 0.1) is 5.56 Å². The lowest BCUT2D eigenvalue weighted by atomic mass is 9.68. The first-order chi connectivity index (χ1) is 11.4. The van der Waals surface area contributed by atoms with Crippen LogP contribution in [0.4, 0.5) is 0 Å². The fourth-order valence-corrected chi connectivity index (χ4v) is 3.36. The van der Waals surface area contributed by atoms with E-state index in [0.717, 1.165) is 38.9 Å². The van der Waals surface area contributed by atoms with Crippen LogP contribution in [0, 0.1) is 13.8 Å². The number of rotatable bonds is 3. The van der Waals surface area contributed by atoms with Crippen molar-refractivity contribution in [1.82, 2.24) is 0 Å². The van der Waals surface area contributed by atoms with E-state index in [1.807, 2.05) is 38.1 Å². The highest BCUT2D eigenvalue weighted by molar-refractivity contribution is 6.61. The molecule has 1 aromatic heterocycles. The predicted molar refractivity (Wildman–Crippen MR) is 109 cm³/mol. The standard InChI is InChI=1S/C19H21B3O2/c1-4-12-13(18(23)11-7-5-9(2)6-8-11)14-16(21)17(22)15(20)10(3)19(14)24-12/h5-8H,4,20-22H2,1-3H3. The Morgan fingerprint density at radius 2 is 1.62 bits per heavy atom. The van der Waals surface area contributed by atoms with Gasteiger partial charge in [-0.3, -0.25) is 4.79 Å². The first-order valence-corrected chi connectivity index (χ1v) is 8.49. The Balaban J connectivity index is 2.34. The van der Waals surface area contributed by atoms with Crippen LogP contribution in [0.1, 0.15) is 39.7 Å². The maximum absolute atomic E-state index is 13.2. The monoisotopic (exact) mass is 314 g/mol. The Morgan fingerprint density at radius 1 is 1.00 bits per heavy atom. The van der Waals surface area contributed by atoms with Gasteiger partial charge in [0, 0.05) is 17.4 Å². The molecule has 118 valence electrons. The number of hydrogen-bond acceptors (Lipinski definition) is 2. The van der Waals surface area contributed by atoms with Crippen molar-refractivity contribution in [1.29, 1.82) is 0 Å². The normalized spacial score (nSPS) is 11.1. The molecule has 0 aliphatic heterocycles. The highest BCUT2D eigenvalue weighted by Gasteiger charge is 2.24. The zero-order chi connectivity index (χ0) is 17.6. The number of hydrogen-bond donors (Lipinski definition) is 0. The second-order valence-electron chi connectivity index (χ2n) is 6.65. The first kappa shape index (κ1) is 16.7. The lowest BCUT2D eigenvalue weighted by Gasteiger charge is -2.11. The van der Waals surface area contributed by atoms with Gasteiger partial charge in [-0.15, -0.1) is 5.46 Å². The summed E-state index contributed by atoms with van der Waals surface area (Å²) < 4.78 is 6.14. The third-order valence-corrected chi connectivity index (χ3v) is 5.25. The zero-order valence-corrected chi connectivity index (χ0v) is 15.3. The van der Waals surface area contributed by atoms with E-state index in [-0.39, 0.29) is 5.78 Å². The predicted octanol–water partition coefficient (Wildman–Crippen LogP) is -0.382. The number of fused-ring (bicyclic) bond motifs is 1. The maximum atomic E-state index is 13.2. The van der Waals surface area contributed by atoms with Crippen LogP contribution in [0.2, 0.25) is 0 Å². The highest BCUT2D eigenvalue weighted by Crippen LogP contribution is 2.28. The molecule has 0 radical (unpaired) electrons. The Bertz CT molecular complexity index is 953. The fraction of sp³-hybridized carbons (Fsp3) is 0.211. The van der Waals surface area contributed by atoms with Gasteiger partial charge in [-0.1, -0.05) is 47.7 Å². The van der Waals surface area contributed by atoms with Crippen molar-refractivity contribution < 1.29 is 9.21 Å². The number of benzene rings is 2. The van der Waals surface area contributed by atoms with Gasteiger partial charge >= 0.3 is 0 Å². The van der Waals surface area contributed by atoms with E-state index in [2.05, 4.69) is 30.5 Å². The van der Waals surface area contributed by atoms with E-state index >= 15 is 0 Å². The van der Waals surface area contributed by atoms with Gasteiger partial charge in [-0.2, -0.15) is 0 Å². The van der Waals surface area contributed by atoms with Crippen LogP contribution < -0.4 is 16.4 Å². The van der Waals surface area contributed by atoms with Crippen LogP contribution >= 0.6 is 0 Å². The molecule has 2 aromatic carbocycles. The molecule has 0 spiro atoms. The summed E-state index contributed by atoms with van der Waals surface area (Å²) in [7, 11) is 6.33. The maximum Gasteiger partial charge on any atom is 0.197 e. The molecular weight excluding hydrogens is 293 g/mol. The molecule has 0 atom stereocenters. The SMILES string of the molecule is Bc1c(B)c(B)c2c(C(=O)c3ccc(C)cc3)c(CC)oc2c1C. The second-order valence-corrected chi connectivity index (χ2v) is 6.65. The number of aryl methyl sites for hydroxylation is 3. The van der Waals surface area contributed by atoms with Crippen molar-refractivity contribution in [3.8, 4) is 0 Å². The summed E-state index contributed by atoms with van der Waals surface area (Å²) in [6.07, 6.45) is 0.707. The quantitative estimate of drug-likeness (QED) is 0.487. The molecule has 0 amide bonds. The summed E-state index contributed by atoms with van der Waals surface area (Å²) >= 11 is 0. The zero-order valence-electron chi connectivity index (χ0n) is 15.3. The molecule has 1 heterocycles. The van der Waals surface area contributed by atoms with Crippen LogP contribution in [0.15, 0.2) is 28.7 Å². The summed E-state index contributed by atoms with van der Waals surface area (Å²) in [5.74, 6) is 0.836. The number of carbonyl (C=O) groups excluding carboxylic acids is 1. The topological polar surface area (TPSA) is 30.2 Å². The van der Waals surface area contributed by atoms with Crippen molar-refractivity contribution in [3.05, 3.63) is 52.3 Å². The number of ketones is 1. The van der Waals surface area contributed by atoms with E-state index < -0.39 is 0 Å². The third kappa shape index (κ3) is 2.43. The average Bonchev–Trinajstić information content (AvgIpc) is 2.97. The lowest BCUT2D eigenvalue weighted by Crippen LogP contribution is -2.41. The summed E-state index contributed by atoms with van der Waals surface area (Å²) in [5, 5.41) is 0.984. The minimum atomic E-state index is 0.0522.